The topological polar surface area (TPSA) is 36.3 Å². The fraction of sp³-hybridized carbons (Fsp3) is 0.316. The van der Waals surface area contributed by atoms with Gasteiger partial charge < -0.3 is 14.0 Å². The summed E-state index contributed by atoms with van der Waals surface area (Å²) in [5.74, 6) is 0.184. The van der Waals surface area contributed by atoms with Crippen LogP contribution in [-0.2, 0) is 11.5 Å². The van der Waals surface area contributed by atoms with Gasteiger partial charge in [-0.2, -0.15) is 0 Å². The fourth-order valence-electron chi connectivity index (χ4n) is 2.48. The zero-order chi connectivity index (χ0) is 18.7. The molecule has 0 saturated heterocycles. The average molecular weight is 393 g/mol. The second kappa shape index (κ2) is 7.78. The van der Waals surface area contributed by atoms with Gasteiger partial charge in [-0.1, -0.05) is 43.4 Å². The van der Waals surface area contributed by atoms with Crippen molar-refractivity contribution in [3.63, 3.8) is 0 Å². The van der Waals surface area contributed by atoms with Gasteiger partial charge in [-0.3, -0.25) is 0 Å². The minimum Gasteiger partial charge on any atom is -0.453 e. The Hall–Kier alpha value is -1.89. The lowest BCUT2D eigenvalue weighted by atomic mass is 10.3. The summed E-state index contributed by atoms with van der Waals surface area (Å²) in [4.78, 5) is 4.37. The van der Waals surface area contributed by atoms with Crippen LogP contribution in [0, 0.1) is 5.82 Å². The van der Waals surface area contributed by atoms with E-state index in [1.54, 1.807) is 24.3 Å². The highest BCUT2D eigenvalue weighted by atomic mass is 35.5. The Morgan fingerprint density at radius 2 is 1.92 bits per heavy atom. The van der Waals surface area contributed by atoms with Crippen LogP contribution in [0.3, 0.4) is 0 Å². The van der Waals surface area contributed by atoms with Gasteiger partial charge in [-0.15, -0.1) is 0 Å². The molecule has 138 valence electrons. The normalized spacial score (nSPS) is 11.9. The highest BCUT2D eigenvalue weighted by Gasteiger charge is 2.14. The first-order valence-electron chi connectivity index (χ1n) is 8.49. The number of para-hydroxylation sites is 1. The lowest BCUT2D eigenvalue weighted by Gasteiger charge is -2.15. The molecule has 7 heteroatoms. The van der Waals surface area contributed by atoms with E-state index in [1.165, 1.54) is 6.07 Å². The van der Waals surface area contributed by atoms with Gasteiger partial charge in [0.15, 0.2) is 11.6 Å². The van der Waals surface area contributed by atoms with E-state index in [2.05, 4.69) is 24.6 Å². The van der Waals surface area contributed by atoms with Gasteiger partial charge in [0.25, 0.3) is 0 Å². The van der Waals surface area contributed by atoms with Crippen LogP contribution in [0.2, 0.25) is 30.8 Å². The number of nitrogens with zero attached hydrogens (tertiary/aromatic N) is 2. The monoisotopic (exact) mass is 392 g/mol. The third-order valence-corrected chi connectivity index (χ3v) is 5.84. The standard InChI is InChI=1S/C19H22ClFN2O2Si/c1-26(2,3)11-10-24-13-23-9-8-14-17(12-18(20)22-19(14)23)25-16-7-5-4-6-15(16)21/h4-9,12H,10-11,13H2,1-3H3. The molecule has 0 aliphatic carbocycles. The smallest absolute Gasteiger partial charge is 0.165 e. The maximum Gasteiger partial charge on any atom is 0.165 e. The minimum atomic E-state index is -1.13. The van der Waals surface area contributed by atoms with E-state index in [0.29, 0.717) is 24.7 Å². The number of ether oxygens (including phenoxy) is 2. The van der Waals surface area contributed by atoms with E-state index in [0.717, 1.165) is 11.4 Å². The van der Waals surface area contributed by atoms with E-state index in [9.17, 15) is 4.39 Å². The second-order valence-electron chi connectivity index (χ2n) is 7.35. The van der Waals surface area contributed by atoms with Gasteiger partial charge in [0.2, 0.25) is 0 Å². The molecule has 0 aliphatic rings. The van der Waals surface area contributed by atoms with E-state index < -0.39 is 13.9 Å². The fourth-order valence-corrected chi connectivity index (χ4v) is 3.41. The number of pyridine rings is 1. The Kier molecular flexibility index (Phi) is 5.65. The van der Waals surface area contributed by atoms with Gasteiger partial charge in [0, 0.05) is 26.9 Å². The Morgan fingerprint density at radius 3 is 2.65 bits per heavy atom. The molecule has 0 saturated carbocycles. The quantitative estimate of drug-likeness (QED) is 0.284. The second-order valence-corrected chi connectivity index (χ2v) is 13.4. The average Bonchev–Trinajstić information content (AvgIpc) is 2.96. The number of fused-ring (bicyclic) bond motifs is 1. The Labute approximate surface area is 158 Å². The summed E-state index contributed by atoms with van der Waals surface area (Å²) in [6.45, 7) is 8.05. The molecule has 2 aromatic heterocycles. The van der Waals surface area contributed by atoms with Crippen molar-refractivity contribution in [2.24, 2.45) is 0 Å². The first-order valence-corrected chi connectivity index (χ1v) is 12.6. The van der Waals surface area contributed by atoms with Crippen LogP contribution in [0.15, 0.2) is 42.6 Å². The molecule has 0 N–H and O–H groups in total. The van der Waals surface area contributed by atoms with Crippen LogP contribution < -0.4 is 4.74 Å². The van der Waals surface area contributed by atoms with Gasteiger partial charge >= 0.3 is 0 Å². The molecule has 0 unspecified atom stereocenters. The van der Waals surface area contributed by atoms with Gasteiger partial charge in [0.1, 0.15) is 23.3 Å². The Balaban J connectivity index is 1.81. The van der Waals surface area contributed by atoms with Crippen molar-refractivity contribution < 1.29 is 13.9 Å². The minimum absolute atomic E-state index is 0.148. The number of aromatic nitrogens is 2. The lowest BCUT2D eigenvalue weighted by molar-refractivity contribution is 0.0899. The summed E-state index contributed by atoms with van der Waals surface area (Å²) in [6.07, 6.45) is 1.87. The molecule has 26 heavy (non-hydrogen) atoms. The van der Waals surface area contributed by atoms with Crippen LogP contribution in [0.1, 0.15) is 0 Å². The third kappa shape index (κ3) is 4.63. The first-order chi connectivity index (χ1) is 12.3. The summed E-state index contributed by atoms with van der Waals surface area (Å²) in [6, 6.07) is 10.8. The Morgan fingerprint density at radius 1 is 1.15 bits per heavy atom. The van der Waals surface area contributed by atoms with E-state index in [4.69, 9.17) is 21.1 Å². The molecular formula is C19H22ClFN2O2Si. The molecule has 2 heterocycles. The van der Waals surface area contributed by atoms with Crippen LogP contribution >= 0.6 is 11.6 Å². The molecule has 0 radical (unpaired) electrons. The molecular weight excluding hydrogens is 371 g/mol. The molecule has 0 fully saturated rings. The van der Waals surface area contributed by atoms with Gasteiger partial charge in [0.05, 0.1) is 5.39 Å². The van der Waals surface area contributed by atoms with Crippen molar-refractivity contribution in [1.82, 2.24) is 9.55 Å². The van der Waals surface area contributed by atoms with Crippen molar-refractivity contribution in [2.45, 2.75) is 32.4 Å². The highest BCUT2D eigenvalue weighted by Crippen LogP contribution is 2.33. The largest absolute Gasteiger partial charge is 0.453 e. The molecule has 0 aliphatic heterocycles. The molecule has 0 atom stereocenters. The van der Waals surface area contributed by atoms with Gasteiger partial charge in [-0.05, 0) is 24.2 Å². The maximum atomic E-state index is 13.9. The SMILES string of the molecule is C[Si](C)(C)CCOCn1ccc2c(Oc3ccccc3F)cc(Cl)nc21. The molecule has 0 spiro atoms. The van der Waals surface area contributed by atoms with Crippen LogP contribution in [0.5, 0.6) is 11.5 Å². The van der Waals surface area contributed by atoms with Crippen molar-refractivity contribution in [1.29, 1.82) is 0 Å². The van der Waals surface area contributed by atoms with Crippen LogP contribution in [-0.4, -0.2) is 24.2 Å². The molecule has 0 bridgehead atoms. The molecule has 3 aromatic rings. The zero-order valence-corrected chi connectivity index (χ0v) is 16.9. The van der Waals surface area contributed by atoms with E-state index in [1.807, 2.05) is 16.8 Å². The number of halogens is 2. The van der Waals surface area contributed by atoms with Crippen molar-refractivity contribution >= 4 is 30.7 Å². The summed E-state index contributed by atoms with van der Waals surface area (Å²) >= 11 is 6.15. The number of rotatable bonds is 7. The van der Waals surface area contributed by atoms with Crippen molar-refractivity contribution in [3.8, 4) is 11.5 Å². The summed E-state index contributed by atoms with van der Waals surface area (Å²) < 4.78 is 27.3. The summed E-state index contributed by atoms with van der Waals surface area (Å²) in [7, 11) is -1.13. The van der Waals surface area contributed by atoms with Crippen LogP contribution in [0.25, 0.3) is 11.0 Å². The van der Waals surface area contributed by atoms with Crippen molar-refractivity contribution in [2.75, 3.05) is 6.61 Å². The zero-order valence-electron chi connectivity index (χ0n) is 15.1. The maximum absolute atomic E-state index is 13.9. The molecule has 0 amide bonds. The lowest BCUT2D eigenvalue weighted by Crippen LogP contribution is -2.22. The number of benzene rings is 1. The number of hydrogen-bond donors (Lipinski definition) is 0. The van der Waals surface area contributed by atoms with E-state index >= 15 is 0 Å². The van der Waals surface area contributed by atoms with Crippen LogP contribution in [0.4, 0.5) is 4.39 Å². The molecule has 3 rings (SSSR count). The van der Waals surface area contributed by atoms with Gasteiger partial charge in [-0.25, -0.2) is 9.37 Å². The summed E-state index contributed by atoms with van der Waals surface area (Å²) in [5, 5.41) is 1.04. The first kappa shape index (κ1) is 18.9. The Bertz CT molecular complexity index is 908. The van der Waals surface area contributed by atoms with Crippen molar-refractivity contribution in [3.05, 3.63) is 53.6 Å². The third-order valence-electron chi connectivity index (χ3n) is 3.95. The predicted octanol–water partition coefficient (Wildman–Crippen LogP) is 5.93. The number of hydrogen-bond acceptors (Lipinski definition) is 3. The molecule has 1 aromatic carbocycles. The molecule has 4 nitrogen and oxygen atoms in total. The highest BCUT2D eigenvalue weighted by molar-refractivity contribution is 6.76. The van der Waals surface area contributed by atoms with E-state index in [-0.39, 0.29) is 10.9 Å². The summed E-state index contributed by atoms with van der Waals surface area (Å²) in [5.41, 5.74) is 0.650. The predicted molar refractivity (Wildman–Crippen MR) is 105 cm³/mol.